The van der Waals surface area contributed by atoms with E-state index < -0.39 is 0 Å². The third-order valence-electron chi connectivity index (χ3n) is 2.05. The van der Waals surface area contributed by atoms with E-state index in [-0.39, 0.29) is 17.5 Å². The summed E-state index contributed by atoms with van der Waals surface area (Å²) in [7, 11) is 1.85. The van der Waals surface area contributed by atoms with Crippen LogP contribution in [0.4, 0.5) is 0 Å². The Morgan fingerprint density at radius 2 is 2.09 bits per heavy atom. The highest BCUT2D eigenvalue weighted by Gasteiger charge is 2.35. The first-order chi connectivity index (χ1) is 4.93. The van der Waals surface area contributed by atoms with Gasteiger partial charge in [0.2, 0.25) is 5.91 Å². The van der Waals surface area contributed by atoms with Crippen LogP contribution in [0.3, 0.4) is 0 Å². The number of nitrogens with one attached hydrogen (secondary N) is 1. The molecule has 0 aromatic heterocycles. The molecular formula is C8H16N2O. The van der Waals surface area contributed by atoms with Crippen LogP contribution in [0.25, 0.3) is 0 Å². The van der Waals surface area contributed by atoms with Crippen molar-refractivity contribution in [3.05, 3.63) is 0 Å². The number of amides is 1. The number of carbonyl (C=O) groups is 1. The second-order valence-electron chi connectivity index (χ2n) is 4.15. The predicted molar refractivity (Wildman–Crippen MR) is 44.0 cm³/mol. The van der Waals surface area contributed by atoms with Crippen LogP contribution in [0.1, 0.15) is 20.8 Å². The number of nitrogens with zero attached hydrogens (tertiary/aromatic N) is 1. The van der Waals surface area contributed by atoms with Crippen LogP contribution in [0.2, 0.25) is 0 Å². The molecule has 0 radical (unpaired) electrons. The normalized spacial score (nSPS) is 26.4. The predicted octanol–water partition coefficient (Wildman–Crippen LogP) is 0.420. The second-order valence-corrected chi connectivity index (χ2v) is 4.15. The molecule has 1 fully saturated rings. The molecule has 1 amide bonds. The Hall–Kier alpha value is -0.570. The Kier molecular flexibility index (Phi) is 1.92. The van der Waals surface area contributed by atoms with Gasteiger partial charge in [-0.15, -0.1) is 0 Å². The Morgan fingerprint density at radius 1 is 1.55 bits per heavy atom. The van der Waals surface area contributed by atoms with E-state index in [4.69, 9.17) is 0 Å². The molecule has 0 aromatic rings. The van der Waals surface area contributed by atoms with E-state index in [0.717, 1.165) is 0 Å². The minimum Gasteiger partial charge on any atom is -0.329 e. The van der Waals surface area contributed by atoms with Crippen LogP contribution in [-0.2, 0) is 4.79 Å². The van der Waals surface area contributed by atoms with E-state index in [2.05, 4.69) is 26.1 Å². The summed E-state index contributed by atoms with van der Waals surface area (Å²) < 4.78 is 0. The molecule has 1 rings (SSSR count). The van der Waals surface area contributed by atoms with Crippen LogP contribution in [-0.4, -0.2) is 30.6 Å². The molecule has 64 valence electrons. The summed E-state index contributed by atoms with van der Waals surface area (Å²) in [6.07, 6.45) is 0.190. The number of likely N-dealkylation sites (N-methyl/N-ethyl adjacent to an activating group) is 1. The quantitative estimate of drug-likeness (QED) is 0.551. The lowest BCUT2D eigenvalue weighted by molar-refractivity contribution is -0.127. The van der Waals surface area contributed by atoms with Crippen LogP contribution in [0, 0.1) is 5.41 Å². The lowest BCUT2D eigenvalue weighted by Crippen LogP contribution is -2.44. The molecule has 1 aliphatic rings. The largest absolute Gasteiger partial charge is 0.329 e. The van der Waals surface area contributed by atoms with Gasteiger partial charge >= 0.3 is 0 Å². The maximum Gasteiger partial charge on any atom is 0.237 e. The Labute approximate surface area is 67.8 Å². The maximum absolute atomic E-state index is 11.1. The van der Waals surface area contributed by atoms with Crippen molar-refractivity contribution in [3.63, 3.8) is 0 Å². The Balaban J connectivity index is 2.70. The molecule has 0 aliphatic carbocycles. The Bertz CT molecular complexity index is 171. The van der Waals surface area contributed by atoms with Crippen molar-refractivity contribution in [2.75, 3.05) is 13.6 Å². The van der Waals surface area contributed by atoms with E-state index in [9.17, 15) is 4.79 Å². The first-order valence-corrected chi connectivity index (χ1v) is 3.92. The van der Waals surface area contributed by atoms with Gasteiger partial charge in [0.05, 0.1) is 12.7 Å². The van der Waals surface area contributed by atoms with Gasteiger partial charge in [0.1, 0.15) is 0 Å². The van der Waals surface area contributed by atoms with Crippen molar-refractivity contribution in [1.29, 1.82) is 0 Å². The van der Waals surface area contributed by atoms with Gasteiger partial charge < -0.3 is 4.90 Å². The van der Waals surface area contributed by atoms with Gasteiger partial charge in [-0.05, 0) is 5.41 Å². The van der Waals surface area contributed by atoms with Gasteiger partial charge in [-0.3, -0.25) is 10.1 Å². The zero-order valence-corrected chi connectivity index (χ0v) is 7.64. The lowest BCUT2D eigenvalue weighted by atomic mass is 9.92. The average Bonchev–Trinajstić information content (AvgIpc) is 2.11. The van der Waals surface area contributed by atoms with Crippen LogP contribution < -0.4 is 5.32 Å². The molecule has 0 spiro atoms. The summed E-state index contributed by atoms with van der Waals surface area (Å²) >= 11 is 0. The average molecular weight is 156 g/mol. The number of rotatable bonds is 0. The molecule has 0 saturated carbocycles. The topological polar surface area (TPSA) is 32.3 Å². The zero-order valence-electron chi connectivity index (χ0n) is 7.64. The SMILES string of the molecule is CN1C(=O)CN[C@H]1C(C)(C)C. The van der Waals surface area contributed by atoms with Gasteiger partial charge in [0.15, 0.2) is 0 Å². The molecule has 1 atom stereocenters. The third kappa shape index (κ3) is 1.53. The van der Waals surface area contributed by atoms with Crippen molar-refractivity contribution in [3.8, 4) is 0 Å². The molecule has 0 bridgehead atoms. The van der Waals surface area contributed by atoms with Crippen LogP contribution in [0.5, 0.6) is 0 Å². The van der Waals surface area contributed by atoms with Gasteiger partial charge in [-0.2, -0.15) is 0 Å². The van der Waals surface area contributed by atoms with Crippen LogP contribution >= 0.6 is 0 Å². The second kappa shape index (κ2) is 2.48. The van der Waals surface area contributed by atoms with Crippen molar-refractivity contribution in [2.45, 2.75) is 26.9 Å². The lowest BCUT2D eigenvalue weighted by Gasteiger charge is -2.32. The summed E-state index contributed by atoms with van der Waals surface area (Å²) in [5, 5.41) is 3.17. The fourth-order valence-corrected chi connectivity index (χ4v) is 1.48. The highest BCUT2D eigenvalue weighted by molar-refractivity contribution is 5.80. The minimum absolute atomic E-state index is 0.126. The van der Waals surface area contributed by atoms with Crippen LogP contribution in [0.15, 0.2) is 0 Å². The van der Waals surface area contributed by atoms with Crippen molar-refractivity contribution >= 4 is 5.91 Å². The molecule has 0 aromatic carbocycles. The molecule has 3 nitrogen and oxygen atoms in total. The molecule has 11 heavy (non-hydrogen) atoms. The first-order valence-electron chi connectivity index (χ1n) is 3.92. The van der Waals surface area contributed by atoms with Crippen molar-refractivity contribution < 1.29 is 4.79 Å². The van der Waals surface area contributed by atoms with Crippen molar-refractivity contribution in [2.24, 2.45) is 5.41 Å². The summed E-state index contributed by atoms with van der Waals surface area (Å²) in [4.78, 5) is 12.9. The van der Waals surface area contributed by atoms with E-state index >= 15 is 0 Å². The van der Waals surface area contributed by atoms with E-state index in [1.807, 2.05) is 7.05 Å². The summed E-state index contributed by atoms with van der Waals surface area (Å²) in [5.74, 6) is 0.185. The highest BCUT2D eigenvalue weighted by atomic mass is 16.2. The number of carbonyl (C=O) groups excluding carboxylic acids is 1. The van der Waals surface area contributed by atoms with E-state index in [1.165, 1.54) is 0 Å². The molecular weight excluding hydrogens is 140 g/mol. The van der Waals surface area contributed by atoms with Gasteiger partial charge in [-0.25, -0.2) is 0 Å². The number of hydrogen-bond donors (Lipinski definition) is 1. The summed E-state index contributed by atoms with van der Waals surface area (Å²) in [5.41, 5.74) is 0.126. The molecule has 1 heterocycles. The molecule has 0 unspecified atom stereocenters. The zero-order chi connectivity index (χ0) is 8.65. The molecule has 3 heteroatoms. The monoisotopic (exact) mass is 156 g/mol. The van der Waals surface area contributed by atoms with Gasteiger partial charge in [-0.1, -0.05) is 20.8 Å². The fraction of sp³-hybridized carbons (Fsp3) is 0.875. The molecule has 1 aliphatic heterocycles. The molecule has 1 N–H and O–H groups in total. The first kappa shape index (κ1) is 8.53. The standard InChI is InChI=1S/C8H16N2O/c1-8(2,3)7-9-5-6(11)10(7)4/h7,9H,5H2,1-4H3/t7-/m1/s1. The highest BCUT2D eigenvalue weighted by Crippen LogP contribution is 2.23. The Morgan fingerprint density at radius 3 is 2.27 bits per heavy atom. The minimum atomic E-state index is 0.126. The number of hydrogen-bond acceptors (Lipinski definition) is 2. The van der Waals surface area contributed by atoms with Crippen molar-refractivity contribution in [1.82, 2.24) is 10.2 Å². The van der Waals surface area contributed by atoms with Gasteiger partial charge in [0, 0.05) is 7.05 Å². The fourth-order valence-electron chi connectivity index (χ4n) is 1.48. The maximum atomic E-state index is 11.1. The smallest absolute Gasteiger partial charge is 0.237 e. The summed E-state index contributed by atoms with van der Waals surface area (Å²) in [6.45, 7) is 6.86. The van der Waals surface area contributed by atoms with E-state index in [0.29, 0.717) is 6.54 Å². The van der Waals surface area contributed by atoms with E-state index in [1.54, 1.807) is 4.90 Å². The molecule has 1 saturated heterocycles. The third-order valence-corrected chi connectivity index (χ3v) is 2.05. The van der Waals surface area contributed by atoms with Gasteiger partial charge in [0.25, 0.3) is 0 Å². The summed E-state index contributed by atoms with van der Waals surface area (Å²) in [6, 6.07) is 0.